The average molecular weight is 413 g/mol. The molecule has 3 aliphatic rings. The van der Waals surface area contributed by atoms with Crippen LogP contribution in [0.25, 0.3) is 0 Å². The second-order valence-corrected chi connectivity index (χ2v) is 7.85. The maximum atomic E-state index is 12.8. The van der Waals surface area contributed by atoms with Crippen LogP contribution in [0.2, 0.25) is 0 Å². The van der Waals surface area contributed by atoms with Gasteiger partial charge in [0, 0.05) is 12.5 Å². The smallest absolute Gasteiger partial charge is 0.262 e. The fourth-order valence-corrected chi connectivity index (χ4v) is 4.21. The van der Waals surface area contributed by atoms with Crippen LogP contribution in [0.1, 0.15) is 65.7 Å². The third kappa shape index (κ3) is 3.92. The molecule has 1 aliphatic carbocycles. The van der Waals surface area contributed by atoms with Crippen molar-refractivity contribution in [2.45, 2.75) is 57.0 Å². The second kappa shape index (κ2) is 8.25. The van der Waals surface area contributed by atoms with Gasteiger partial charge in [-0.3, -0.25) is 34.2 Å². The summed E-state index contributed by atoms with van der Waals surface area (Å²) in [5.74, 6) is -2.20. The van der Waals surface area contributed by atoms with E-state index in [1.807, 2.05) is 0 Å². The lowest BCUT2D eigenvalue weighted by Gasteiger charge is -2.27. The van der Waals surface area contributed by atoms with Gasteiger partial charge in [0.05, 0.1) is 11.1 Å². The number of amides is 5. The zero-order valence-corrected chi connectivity index (χ0v) is 16.4. The Bertz CT molecular complexity index is 921. The molecule has 9 heteroatoms. The molecule has 0 bridgehead atoms. The molecule has 30 heavy (non-hydrogen) atoms. The summed E-state index contributed by atoms with van der Waals surface area (Å²) in [5.41, 5.74) is 0.290. The van der Waals surface area contributed by atoms with Crippen molar-refractivity contribution in [1.82, 2.24) is 15.5 Å². The highest BCUT2D eigenvalue weighted by Gasteiger charge is 2.44. The first-order valence-corrected chi connectivity index (χ1v) is 10.2. The Labute approximate surface area is 173 Å². The molecule has 0 radical (unpaired) electrons. The van der Waals surface area contributed by atoms with E-state index in [1.54, 1.807) is 0 Å². The van der Waals surface area contributed by atoms with Gasteiger partial charge in [0.1, 0.15) is 11.8 Å². The van der Waals surface area contributed by atoms with E-state index in [0.29, 0.717) is 5.75 Å². The van der Waals surface area contributed by atoms with E-state index in [-0.39, 0.29) is 42.5 Å². The lowest BCUT2D eigenvalue weighted by atomic mass is 9.95. The maximum Gasteiger partial charge on any atom is 0.262 e. The molecule has 0 spiro atoms. The van der Waals surface area contributed by atoms with Crippen LogP contribution in [0.3, 0.4) is 0 Å². The van der Waals surface area contributed by atoms with E-state index in [0.717, 1.165) is 30.6 Å². The van der Waals surface area contributed by atoms with Crippen LogP contribution in [0.15, 0.2) is 18.2 Å². The van der Waals surface area contributed by atoms with Crippen LogP contribution < -0.4 is 15.4 Å². The molecule has 158 valence electrons. The standard InChI is InChI=1S/C21H23N3O6/c25-17-9-8-16(19(27)23-17)24-20(28)14-7-6-13(10-15(14)21(24)29)30-11-18(26)22-12-4-2-1-3-5-12/h6-7,10,12,16H,1-5,8-9,11H2,(H,22,26)(H,23,25,27). The molecule has 1 aromatic rings. The van der Waals surface area contributed by atoms with Gasteiger partial charge in [-0.05, 0) is 37.5 Å². The van der Waals surface area contributed by atoms with Crippen LogP contribution in [0.5, 0.6) is 5.75 Å². The van der Waals surface area contributed by atoms with Gasteiger partial charge < -0.3 is 10.1 Å². The number of hydrogen-bond acceptors (Lipinski definition) is 6. The van der Waals surface area contributed by atoms with Crippen molar-refractivity contribution in [2.75, 3.05) is 6.61 Å². The number of ether oxygens (including phenoxy) is 1. The molecule has 9 nitrogen and oxygen atoms in total. The number of carbonyl (C=O) groups excluding carboxylic acids is 5. The SMILES string of the molecule is O=C1CCC(N2C(=O)c3ccc(OCC(=O)NC4CCCCC4)cc3C2=O)C(=O)N1. The molecular weight excluding hydrogens is 390 g/mol. The molecule has 2 N–H and O–H groups in total. The summed E-state index contributed by atoms with van der Waals surface area (Å²) in [6, 6.07) is 3.55. The molecule has 1 atom stereocenters. The third-order valence-electron chi connectivity index (χ3n) is 5.75. The average Bonchev–Trinajstić information content (AvgIpc) is 2.97. The Hall–Kier alpha value is -3.23. The van der Waals surface area contributed by atoms with E-state index in [9.17, 15) is 24.0 Å². The highest BCUT2D eigenvalue weighted by atomic mass is 16.5. The number of nitrogens with zero attached hydrogens (tertiary/aromatic N) is 1. The first-order valence-electron chi connectivity index (χ1n) is 10.2. The van der Waals surface area contributed by atoms with Crippen molar-refractivity contribution >= 4 is 29.5 Å². The van der Waals surface area contributed by atoms with Crippen molar-refractivity contribution in [3.63, 3.8) is 0 Å². The molecule has 5 amide bonds. The lowest BCUT2D eigenvalue weighted by molar-refractivity contribution is -0.136. The maximum absolute atomic E-state index is 12.8. The van der Waals surface area contributed by atoms with Crippen LogP contribution in [0.4, 0.5) is 0 Å². The minimum absolute atomic E-state index is 0.0638. The Morgan fingerprint density at radius 2 is 1.77 bits per heavy atom. The first-order chi connectivity index (χ1) is 14.4. The third-order valence-corrected chi connectivity index (χ3v) is 5.75. The fraction of sp³-hybridized carbons (Fsp3) is 0.476. The van der Waals surface area contributed by atoms with Crippen molar-refractivity contribution in [2.24, 2.45) is 0 Å². The molecule has 0 aromatic heterocycles. The number of nitrogens with one attached hydrogen (secondary N) is 2. The highest BCUT2D eigenvalue weighted by molar-refractivity contribution is 6.23. The Morgan fingerprint density at radius 1 is 1.03 bits per heavy atom. The van der Waals surface area contributed by atoms with Gasteiger partial charge in [0.25, 0.3) is 17.7 Å². The summed E-state index contributed by atoms with van der Waals surface area (Å²) in [7, 11) is 0. The number of imide groups is 2. The molecule has 4 rings (SSSR count). The predicted molar refractivity (Wildman–Crippen MR) is 104 cm³/mol. The van der Waals surface area contributed by atoms with E-state index < -0.39 is 29.7 Å². The van der Waals surface area contributed by atoms with E-state index in [4.69, 9.17) is 4.74 Å². The van der Waals surface area contributed by atoms with Gasteiger partial charge in [-0.2, -0.15) is 0 Å². The quantitative estimate of drug-likeness (QED) is 0.692. The van der Waals surface area contributed by atoms with Crippen LogP contribution in [-0.4, -0.2) is 53.1 Å². The molecule has 2 heterocycles. The summed E-state index contributed by atoms with van der Waals surface area (Å²) in [4.78, 5) is 61.9. The Morgan fingerprint density at radius 3 is 2.50 bits per heavy atom. The van der Waals surface area contributed by atoms with Crippen molar-refractivity contribution < 1.29 is 28.7 Å². The van der Waals surface area contributed by atoms with Crippen LogP contribution in [-0.2, 0) is 14.4 Å². The fourth-order valence-electron chi connectivity index (χ4n) is 4.21. The first kappa shape index (κ1) is 20.1. The summed E-state index contributed by atoms with van der Waals surface area (Å²) < 4.78 is 5.52. The zero-order chi connectivity index (χ0) is 21.3. The number of carbonyl (C=O) groups is 5. The molecule has 1 saturated heterocycles. The molecule has 2 fully saturated rings. The minimum atomic E-state index is -1.01. The topological polar surface area (TPSA) is 122 Å². The number of piperidine rings is 1. The number of fused-ring (bicyclic) bond motifs is 1. The number of benzene rings is 1. The Balaban J connectivity index is 1.41. The van der Waals surface area contributed by atoms with Gasteiger partial charge in [-0.1, -0.05) is 19.3 Å². The monoisotopic (exact) mass is 413 g/mol. The van der Waals surface area contributed by atoms with E-state index in [2.05, 4.69) is 10.6 Å². The highest BCUT2D eigenvalue weighted by Crippen LogP contribution is 2.30. The lowest BCUT2D eigenvalue weighted by Crippen LogP contribution is -2.54. The van der Waals surface area contributed by atoms with Crippen molar-refractivity contribution in [3.05, 3.63) is 29.3 Å². The molecule has 1 unspecified atom stereocenters. The molecular formula is C21H23N3O6. The number of hydrogen-bond donors (Lipinski definition) is 2. The molecule has 1 saturated carbocycles. The molecule has 1 aromatic carbocycles. The van der Waals surface area contributed by atoms with Crippen molar-refractivity contribution in [3.8, 4) is 5.75 Å². The normalized spacial score (nSPS) is 22.0. The van der Waals surface area contributed by atoms with Crippen LogP contribution >= 0.6 is 0 Å². The number of rotatable bonds is 5. The zero-order valence-electron chi connectivity index (χ0n) is 16.4. The van der Waals surface area contributed by atoms with Gasteiger partial charge in [-0.25, -0.2) is 0 Å². The van der Waals surface area contributed by atoms with Crippen LogP contribution in [0, 0.1) is 0 Å². The molecule has 2 aliphatic heterocycles. The predicted octanol–water partition coefficient (Wildman–Crippen LogP) is 0.915. The van der Waals surface area contributed by atoms with Crippen molar-refractivity contribution in [1.29, 1.82) is 0 Å². The summed E-state index contributed by atoms with van der Waals surface area (Å²) in [5, 5.41) is 5.11. The largest absolute Gasteiger partial charge is 0.484 e. The van der Waals surface area contributed by atoms with Gasteiger partial charge in [0.2, 0.25) is 11.8 Å². The van der Waals surface area contributed by atoms with Gasteiger partial charge in [0.15, 0.2) is 6.61 Å². The van der Waals surface area contributed by atoms with E-state index >= 15 is 0 Å². The second-order valence-electron chi connectivity index (χ2n) is 7.85. The summed E-state index contributed by atoms with van der Waals surface area (Å²) in [6.07, 6.45) is 5.51. The van der Waals surface area contributed by atoms with Gasteiger partial charge >= 0.3 is 0 Å². The summed E-state index contributed by atoms with van der Waals surface area (Å²) in [6.45, 7) is -0.186. The van der Waals surface area contributed by atoms with Gasteiger partial charge in [-0.15, -0.1) is 0 Å². The summed E-state index contributed by atoms with van der Waals surface area (Å²) >= 11 is 0. The minimum Gasteiger partial charge on any atom is -0.484 e. The Kier molecular flexibility index (Phi) is 5.52. The van der Waals surface area contributed by atoms with E-state index in [1.165, 1.54) is 24.6 Å².